The van der Waals surface area contributed by atoms with Crippen molar-refractivity contribution in [2.75, 3.05) is 5.73 Å². The number of aromatic amines is 1. The molecule has 0 atom stereocenters. The molecule has 0 saturated heterocycles. The van der Waals surface area contributed by atoms with E-state index in [1.54, 1.807) is 0 Å². The summed E-state index contributed by atoms with van der Waals surface area (Å²) < 4.78 is 19.5. The van der Waals surface area contributed by atoms with Gasteiger partial charge < -0.3 is 10.5 Å². The van der Waals surface area contributed by atoms with E-state index in [-0.39, 0.29) is 22.6 Å². The quantitative estimate of drug-likeness (QED) is 0.686. The van der Waals surface area contributed by atoms with Crippen molar-refractivity contribution in [2.24, 2.45) is 0 Å². The van der Waals surface area contributed by atoms with Crippen molar-refractivity contribution in [3.8, 4) is 11.6 Å². The van der Waals surface area contributed by atoms with Crippen LogP contribution in [0.15, 0.2) is 22.8 Å². The molecule has 9 heteroatoms. The second kappa shape index (κ2) is 4.88. The fourth-order valence-electron chi connectivity index (χ4n) is 1.59. The van der Waals surface area contributed by atoms with Gasteiger partial charge in [0.05, 0.1) is 15.7 Å². The molecule has 0 unspecified atom stereocenters. The summed E-state index contributed by atoms with van der Waals surface area (Å²) in [5.41, 5.74) is 6.00. The van der Waals surface area contributed by atoms with Gasteiger partial charge in [0.2, 0.25) is 11.8 Å². The van der Waals surface area contributed by atoms with Gasteiger partial charge in [0.1, 0.15) is 17.0 Å². The normalized spacial score (nSPS) is 10.9. The third-order valence-electron chi connectivity index (χ3n) is 2.47. The molecule has 0 aliphatic rings. The van der Waals surface area contributed by atoms with Crippen molar-refractivity contribution in [2.45, 2.75) is 0 Å². The zero-order chi connectivity index (χ0) is 14.3. The molecule has 3 N–H and O–H groups in total. The number of fused-ring (bicyclic) bond motifs is 1. The molecule has 0 aliphatic heterocycles. The maximum Gasteiger partial charge on any atom is 0.235 e. The molecule has 2 heterocycles. The Hall–Kier alpha value is -1.93. The van der Waals surface area contributed by atoms with Gasteiger partial charge in [-0.05, 0) is 22.0 Å². The lowest BCUT2D eigenvalue weighted by Crippen LogP contribution is -1.98. The van der Waals surface area contributed by atoms with Crippen LogP contribution in [-0.2, 0) is 0 Å². The van der Waals surface area contributed by atoms with Crippen LogP contribution < -0.4 is 10.5 Å². The zero-order valence-electron chi connectivity index (χ0n) is 9.69. The molecule has 0 radical (unpaired) electrons. The Kier molecular flexibility index (Phi) is 3.19. The molecule has 6 nitrogen and oxygen atoms in total. The number of aromatic nitrogens is 4. The minimum atomic E-state index is -0.602. The van der Waals surface area contributed by atoms with E-state index >= 15 is 0 Å². The van der Waals surface area contributed by atoms with Crippen LogP contribution in [0.2, 0.25) is 5.02 Å². The first-order chi connectivity index (χ1) is 9.54. The number of nitrogens with zero attached hydrogens (tertiary/aromatic N) is 3. The number of halogens is 3. The highest BCUT2D eigenvalue weighted by Crippen LogP contribution is 2.35. The van der Waals surface area contributed by atoms with Gasteiger partial charge in [-0.1, -0.05) is 11.6 Å². The van der Waals surface area contributed by atoms with Crippen LogP contribution in [0.1, 0.15) is 0 Å². The van der Waals surface area contributed by atoms with Crippen molar-refractivity contribution in [3.63, 3.8) is 0 Å². The van der Waals surface area contributed by atoms with Gasteiger partial charge >= 0.3 is 0 Å². The van der Waals surface area contributed by atoms with Crippen LogP contribution in [0, 0.1) is 5.82 Å². The first-order valence-corrected chi connectivity index (χ1v) is 6.50. The highest BCUT2D eigenvalue weighted by atomic mass is 79.9. The minimum Gasteiger partial charge on any atom is -0.437 e. The van der Waals surface area contributed by atoms with Crippen LogP contribution in [-0.4, -0.2) is 20.2 Å². The lowest BCUT2D eigenvalue weighted by atomic mass is 10.3. The molecule has 2 aromatic heterocycles. The molecule has 102 valence electrons. The molecule has 0 saturated carbocycles. The van der Waals surface area contributed by atoms with Crippen molar-refractivity contribution >= 4 is 44.5 Å². The molecule has 3 aromatic rings. The minimum absolute atomic E-state index is 0.0140. The number of ether oxygens (including phenoxy) is 1. The lowest BCUT2D eigenvalue weighted by molar-refractivity contribution is 0.461. The number of benzene rings is 1. The lowest BCUT2D eigenvalue weighted by Gasteiger charge is -2.08. The van der Waals surface area contributed by atoms with E-state index < -0.39 is 5.82 Å². The Bertz CT molecular complexity index is 809. The summed E-state index contributed by atoms with van der Waals surface area (Å²) in [5.74, 6) is -0.200. The topological polar surface area (TPSA) is 89.7 Å². The van der Waals surface area contributed by atoms with Gasteiger partial charge in [-0.15, -0.1) is 0 Å². The number of hydrogen-bond donors (Lipinski definition) is 2. The van der Waals surface area contributed by atoms with Crippen molar-refractivity contribution in [3.05, 3.63) is 33.6 Å². The smallest absolute Gasteiger partial charge is 0.235 e. The third kappa shape index (κ3) is 2.27. The molecule has 0 spiro atoms. The van der Waals surface area contributed by atoms with Crippen LogP contribution in [0.3, 0.4) is 0 Å². The van der Waals surface area contributed by atoms with E-state index in [0.717, 1.165) is 6.07 Å². The Labute approximate surface area is 125 Å². The van der Waals surface area contributed by atoms with Gasteiger partial charge in [-0.2, -0.15) is 15.1 Å². The van der Waals surface area contributed by atoms with Crippen LogP contribution in [0.4, 0.5) is 10.3 Å². The molecule has 0 amide bonds. The Morgan fingerprint density at radius 2 is 2.15 bits per heavy atom. The van der Waals surface area contributed by atoms with Gasteiger partial charge in [0, 0.05) is 6.07 Å². The number of nitrogen functional groups attached to an aromatic ring is 1. The Balaban J connectivity index is 2.09. The summed E-state index contributed by atoms with van der Waals surface area (Å²) in [4.78, 5) is 7.92. The van der Waals surface area contributed by atoms with E-state index in [2.05, 4.69) is 36.1 Å². The number of nitrogens with two attached hydrogens (primary N) is 1. The van der Waals surface area contributed by atoms with Gasteiger partial charge in [0.25, 0.3) is 0 Å². The van der Waals surface area contributed by atoms with E-state index in [9.17, 15) is 4.39 Å². The van der Waals surface area contributed by atoms with Gasteiger partial charge in [0.15, 0.2) is 5.65 Å². The first kappa shape index (κ1) is 13.1. The van der Waals surface area contributed by atoms with Crippen LogP contribution >= 0.6 is 27.5 Å². The Morgan fingerprint density at radius 1 is 1.35 bits per heavy atom. The second-order valence-corrected chi connectivity index (χ2v) is 5.08. The van der Waals surface area contributed by atoms with Gasteiger partial charge in [-0.25, -0.2) is 4.39 Å². The molecule has 0 aliphatic carbocycles. The second-order valence-electron chi connectivity index (χ2n) is 3.82. The first-order valence-electron chi connectivity index (χ1n) is 5.33. The van der Waals surface area contributed by atoms with Crippen molar-refractivity contribution < 1.29 is 9.13 Å². The zero-order valence-corrected chi connectivity index (χ0v) is 12.0. The predicted molar refractivity (Wildman–Crippen MR) is 75.3 cm³/mol. The molecule has 0 fully saturated rings. The van der Waals surface area contributed by atoms with Crippen molar-refractivity contribution in [1.82, 2.24) is 20.2 Å². The average molecular weight is 359 g/mol. The van der Waals surface area contributed by atoms with Crippen LogP contribution in [0.5, 0.6) is 11.6 Å². The maximum absolute atomic E-state index is 13.5. The molecular weight excluding hydrogens is 353 g/mol. The van der Waals surface area contributed by atoms with E-state index in [1.165, 1.54) is 12.3 Å². The number of H-pyrrole nitrogens is 1. The summed E-state index contributed by atoms with van der Waals surface area (Å²) in [6, 6.07) is 2.54. The highest BCUT2D eigenvalue weighted by molar-refractivity contribution is 9.10. The fraction of sp³-hybridized carbons (Fsp3) is 0. The summed E-state index contributed by atoms with van der Waals surface area (Å²) in [6.45, 7) is 0. The number of nitrogens with one attached hydrogen (secondary N) is 1. The molecule has 1 aromatic carbocycles. The van der Waals surface area contributed by atoms with Gasteiger partial charge in [-0.3, -0.25) is 5.10 Å². The Morgan fingerprint density at radius 3 is 2.95 bits per heavy atom. The van der Waals surface area contributed by atoms with Crippen molar-refractivity contribution in [1.29, 1.82) is 0 Å². The maximum atomic E-state index is 13.5. The largest absolute Gasteiger partial charge is 0.437 e. The summed E-state index contributed by atoms with van der Waals surface area (Å²) >= 11 is 8.91. The third-order valence-corrected chi connectivity index (χ3v) is 3.38. The summed E-state index contributed by atoms with van der Waals surface area (Å²) in [5, 5.41) is 7.00. The number of anilines is 1. The molecule has 20 heavy (non-hydrogen) atoms. The molecular formula is C11H6BrClFN5O. The highest BCUT2D eigenvalue weighted by Gasteiger charge is 2.14. The monoisotopic (exact) mass is 357 g/mol. The number of hydrogen-bond acceptors (Lipinski definition) is 5. The summed E-state index contributed by atoms with van der Waals surface area (Å²) in [6.07, 6.45) is 1.49. The SMILES string of the molecule is Nc1nc(Oc2cc(F)c(Cl)cc2Br)c2cn[nH]c2n1. The molecule has 3 rings (SSSR count). The fourth-order valence-corrected chi connectivity index (χ4v) is 2.31. The van der Waals surface area contributed by atoms with Crippen LogP contribution in [0.25, 0.3) is 11.0 Å². The number of rotatable bonds is 2. The molecule has 0 bridgehead atoms. The van der Waals surface area contributed by atoms with E-state index in [1.807, 2.05) is 0 Å². The summed E-state index contributed by atoms with van der Waals surface area (Å²) in [7, 11) is 0. The standard InChI is InChI=1S/C11H6BrClFN5O/c12-5-1-6(13)7(14)2-8(5)20-10-4-3-16-19-9(4)17-11(15)18-10/h1-3H,(H3,15,16,17,18,19). The van der Waals surface area contributed by atoms with E-state index in [4.69, 9.17) is 22.1 Å². The average Bonchev–Trinajstić information content (AvgIpc) is 2.84. The predicted octanol–water partition coefficient (Wildman–Crippen LogP) is 3.28. The van der Waals surface area contributed by atoms with E-state index in [0.29, 0.717) is 15.5 Å².